The average molecular weight is 391 g/mol. The molecule has 0 N–H and O–H groups in total. The van der Waals surface area contributed by atoms with E-state index in [9.17, 15) is 13.2 Å². The molecule has 0 heterocycles. The third-order valence-electron chi connectivity index (χ3n) is 4.28. The number of ether oxygens (including phenoxy) is 1. The van der Waals surface area contributed by atoms with Crippen molar-refractivity contribution < 1.29 is 17.9 Å². The van der Waals surface area contributed by atoms with Crippen LogP contribution in [0.25, 0.3) is 0 Å². The van der Waals surface area contributed by atoms with Crippen LogP contribution < -0.4 is 9.04 Å². The summed E-state index contributed by atoms with van der Waals surface area (Å²) >= 11 is 0. The van der Waals surface area contributed by atoms with Gasteiger partial charge < -0.3 is 9.64 Å². The maximum Gasteiger partial charge on any atom is 0.246 e. The van der Waals surface area contributed by atoms with Crippen LogP contribution in [0.5, 0.6) is 5.75 Å². The third-order valence-corrected chi connectivity index (χ3v) is 5.50. The lowest BCUT2D eigenvalue weighted by Gasteiger charge is -2.32. The molecular weight excluding hydrogens is 364 g/mol. The van der Waals surface area contributed by atoms with Gasteiger partial charge in [-0.1, -0.05) is 36.4 Å². The molecule has 0 saturated carbocycles. The van der Waals surface area contributed by atoms with Gasteiger partial charge in [-0.2, -0.15) is 0 Å². The quantitative estimate of drug-likeness (QED) is 0.729. The van der Waals surface area contributed by atoms with Crippen LogP contribution in [-0.4, -0.2) is 45.7 Å². The molecule has 0 aliphatic heterocycles. The van der Waals surface area contributed by atoms with E-state index in [1.54, 1.807) is 26.1 Å². The number of carbonyl (C=O) groups excluding carboxylic acids is 1. The second-order valence-corrected chi connectivity index (χ2v) is 8.45. The first-order chi connectivity index (χ1) is 12.6. The molecule has 0 aliphatic rings. The van der Waals surface area contributed by atoms with E-state index in [2.05, 4.69) is 0 Å². The molecule has 0 aliphatic carbocycles. The maximum absolute atomic E-state index is 13.0. The summed E-state index contributed by atoms with van der Waals surface area (Å²) in [5, 5.41) is 0. The molecule has 0 unspecified atom stereocenters. The zero-order chi connectivity index (χ0) is 20.2. The van der Waals surface area contributed by atoms with E-state index in [1.165, 1.54) is 12.0 Å². The van der Waals surface area contributed by atoms with E-state index < -0.39 is 16.1 Å². The van der Waals surface area contributed by atoms with Crippen molar-refractivity contribution >= 4 is 21.6 Å². The summed E-state index contributed by atoms with van der Waals surface area (Å²) in [6, 6.07) is 13.9. The molecule has 0 saturated heterocycles. The highest BCUT2D eigenvalue weighted by Gasteiger charge is 2.32. The number of methoxy groups -OCH3 is 1. The molecule has 1 amide bonds. The molecule has 2 rings (SSSR count). The van der Waals surface area contributed by atoms with Crippen LogP contribution in [0.2, 0.25) is 0 Å². The van der Waals surface area contributed by atoms with Gasteiger partial charge in [0.25, 0.3) is 0 Å². The summed E-state index contributed by atoms with van der Waals surface area (Å²) in [5.41, 5.74) is 2.20. The topological polar surface area (TPSA) is 66.9 Å². The van der Waals surface area contributed by atoms with Gasteiger partial charge in [0.1, 0.15) is 11.8 Å². The number of hydrogen-bond donors (Lipinski definition) is 0. The number of amides is 1. The van der Waals surface area contributed by atoms with E-state index in [4.69, 9.17) is 4.74 Å². The smallest absolute Gasteiger partial charge is 0.246 e. The van der Waals surface area contributed by atoms with Crippen molar-refractivity contribution in [1.82, 2.24) is 4.90 Å². The number of hydrogen-bond acceptors (Lipinski definition) is 4. The normalized spacial score (nSPS) is 12.3. The van der Waals surface area contributed by atoms with Crippen LogP contribution in [0.4, 0.5) is 5.69 Å². The van der Waals surface area contributed by atoms with Crippen molar-refractivity contribution in [2.45, 2.75) is 26.4 Å². The highest BCUT2D eigenvalue weighted by molar-refractivity contribution is 7.92. The van der Waals surface area contributed by atoms with E-state index >= 15 is 0 Å². The Kier molecular flexibility index (Phi) is 6.49. The predicted octanol–water partition coefficient (Wildman–Crippen LogP) is 2.82. The number of nitrogens with zero attached hydrogens (tertiary/aromatic N) is 2. The molecule has 2 aromatic rings. The molecule has 1 atom stereocenters. The monoisotopic (exact) mass is 390 g/mol. The highest BCUT2D eigenvalue weighted by atomic mass is 32.2. The lowest BCUT2D eigenvalue weighted by atomic mass is 10.1. The molecule has 0 radical (unpaired) electrons. The Bertz CT molecular complexity index is 897. The zero-order valence-electron chi connectivity index (χ0n) is 16.3. The molecule has 27 heavy (non-hydrogen) atoms. The first-order valence-corrected chi connectivity index (χ1v) is 10.4. The van der Waals surface area contributed by atoms with Gasteiger partial charge in [-0.3, -0.25) is 9.10 Å². The first kappa shape index (κ1) is 20.8. The van der Waals surface area contributed by atoms with Crippen LogP contribution in [0.15, 0.2) is 48.5 Å². The minimum absolute atomic E-state index is 0.298. The minimum atomic E-state index is -3.71. The fourth-order valence-electron chi connectivity index (χ4n) is 3.00. The van der Waals surface area contributed by atoms with Gasteiger partial charge in [0.05, 0.1) is 19.1 Å². The predicted molar refractivity (Wildman–Crippen MR) is 107 cm³/mol. The summed E-state index contributed by atoms with van der Waals surface area (Å²) in [4.78, 5) is 14.5. The Balaban J connectivity index is 2.37. The summed E-state index contributed by atoms with van der Waals surface area (Å²) in [6.45, 7) is 3.84. The van der Waals surface area contributed by atoms with Crippen molar-refractivity contribution in [1.29, 1.82) is 0 Å². The molecule has 0 spiro atoms. The van der Waals surface area contributed by atoms with Crippen LogP contribution >= 0.6 is 0 Å². The number of aryl methyl sites for hydroxylation is 1. The van der Waals surface area contributed by atoms with Gasteiger partial charge >= 0.3 is 0 Å². The SMILES string of the molecule is COc1ccc(C)cc1N([C@@H](C)C(=O)N(C)Cc1ccccc1)S(C)(=O)=O. The average Bonchev–Trinajstić information content (AvgIpc) is 2.61. The van der Waals surface area contributed by atoms with Gasteiger partial charge in [0.2, 0.25) is 15.9 Å². The molecule has 7 heteroatoms. The number of benzene rings is 2. The highest BCUT2D eigenvalue weighted by Crippen LogP contribution is 2.33. The van der Waals surface area contributed by atoms with Gasteiger partial charge in [0, 0.05) is 13.6 Å². The van der Waals surface area contributed by atoms with Crippen LogP contribution in [0.1, 0.15) is 18.1 Å². The molecule has 146 valence electrons. The largest absolute Gasteiger partial charge is 0.495 e. The van der Waals surface area contributed by atoms with Crippen LogP contribution in [0, 0.1) is 6.92 Å². The molecule has 0 bridgehead atoms. The van der Waals surface area contributed by atoms with Crippen molar-refractivity contribution in [2.24, 2.45) is 0 Å². The lowest BCUT2D eigenvalue weighted by Crippen LogP contribution is -2.48. The summed E-state index contributed by atoms with van der Waals surface area (Å²) in [7, 11) is -0.571. The third kappa shape index (κ3) is 5.01. The number of anilines is 1. The summed E-state index contributed by atoms with van der Waals surface area (Å²) < 4.78 is 31.5. The Morgan fingerprint density at radius 1 is 1.15 bits per heavy atom. The molecule has 0 fully saturated rings. The molecule has 6 nitrogen and oxygen atoms in total. The van der Waals surface area contributed by atoms with Gasteiger partial charge in [-0.15, -0.1) is 0 Å². The number of likely N-dealkylation sites (N-methyl/N-ethyl adjacent to an activating group) is 1. The molecule has 2 aromatic carbocycles. The van der Waals surface area contributed by atoms with Crippen molar-refractivity contribution in [2.75, 3.05) is 24.7 Å². The minimum Gasteiger partial charge on any atom is -0.495 e. The molecule has 0 aromatic heterocycles. The zero-order valence-corrected chi connectivity index (χ0v) is 17.2. The van der Waals surface area contributed by atoms with Crippen LogP contribution in [-0.2, 0) is 21.4 Å². The number of carbonyl (C=O) groups is 1. The van der Waals surface area contributed by atoms with Gasteiger partial charge in [-0.05, 0) is 37.1 Å². The second kappa shape index (κ2) is 8.43. The van der Waals surface area contributed by atoms with Gasteiger partial charge in [-0.25, -0.2) is 8.42 Å². The lowest BCUT2D eigenvalue weighted by molar-refractivity contribution is -0.131. The van der Waals surface area contributed by atoms with E-state index in [1.807, 2.05) is 43.3 Å². The van der Waals surface area contributed by atoms with Gasteiger partial charge in [0.15, 0.2) is 0 Å². The Labute approximate surface area is 161 Å². The maximum atomic E-state index is 13.0. The van der Waals surface area contributed by atoms with Crippen molar-refractivity contribution in [3.63, 3.8) is 0 Å². The Morgan fingerprint density at radius 3 is 2.33 bits per heavy atom. The Morgan fingerprint density at radius 2 is 1.78 bits per heavy atom. The first-order valence-electron chi connectivity index (χ1n) is 8.58. The van der Waals surface area contributed by atoms with Crippen molar-refractivity contribution in [3.05, 3.63) is 59.7 Å². The fraction of sp³-hybridized carbons (Fsp3) is 0.350. The van der Waals surface area contributed by atoms with E-state index in [0.717, 1.165) is 21.7 Å². The van der Waals surface area contributed by atoms with E-state index in [-0.39, 0.29) is 5.91 Å². The molecular formula is C20H26N2O4S. The number of sulfonamides is 1. The second-order valence-electron chi connectivity index (χ2n) is 6.59. The fourth-order valence-corrected chi connectivity index (χ4v) is 4.17. The van der Waals surface area contributed by atoms with E-state index in [0.29, 0.717) is 18.0 Å². The number of rotatable bonds is 7. The van der Waals surface area contributed by atoms with Crippen molar-refractivity contribution in [3.8, 4) is 5.75 Å². The summed E-state index contributed by atoms with van der Waals surface area (Å²) in [6.07, 6.45) is 1.09. The standard InChI is InChI=1S/C20H26N2O4S/c1-15-11-12-19(26-4)18(13-15)22(27(5,24)25)16(2)20(23)21(3)14-17-9-7-6-8-10-17/h6-13,16H,14H2,1-5H3/t16-/m0/s1. The Hall–Kier alpha value is -2.54. The summed E-state index contributed by atoms with van der Waals surface area (Å²) in [5.74, 6) is 0.101. The van der Waals surface area contributed by atoms with Crippen LogP contribution in [0.3, 0.4) is 0 Å².